The van der Waals surface area contributed by atoms with Crippen molar-refractivity contribution in [2.24, 2.45) is 0 Å². The van der Waals surface area contributed by atoms with E-state index in [0.29, 0.717) is 24.2 Å². The van der Waals surface area contributed by atoms with Crippen LogP contribution in [0.15, 0.2) is 47.7 Å². The average molecular weight is 255 g/mol. The number of aryl methyl sites for hydroxylation is 2. The molecule has 3 aromatic rings. The molecule has 0 fully saturated rings. The molecule has 0 saturated heterocycles. The Bertz CT molecular complexity index is 774. The largest absolute Gasteiger partial charge is 0.396 e. The van der Waals surface area contributed by atoms with Crippen LogP contribution < -0.4 is 11.3 Å². The zero-order valence-corrected chi connectivity index (χ0v) is 10.2. The molecule has 6 nitrogen and oxygen atoms in total. The van der Waals surface area contributed by atoms with E-state index in [2.05, 4.69) is 10.2 Å². The minimum absolute atomic E-state index is 0.0850. The molecular formula is C13H13N5O. The van der Waals surface area contributed by atoms with Gasteiger partial charge in [0.1, 0.15) is 0 Å². The highest BCUT2D eigenvalue weighted by atomic mass is 16.1. The molecule has 3 rings (SSSR count). The lowest BCUT2D eigenvalue weighted by molar-refractivity contribution is 0.485. The number of benzene rings is 1. The van der Waals surface area contributed by atoms with Crippen LogP contribution in [0, 0.1) is 0 Å². The van der Waals surface area contributed by atoms with E-state index in [9.17, 15) is 4.79 Å². The maximum atomic E-state index is 12.2. The number of hydrogen-bond acceptors (Lipinski definition) is 4. The summed E-state index contributed by atoms with van der Waals surface area (Å²) < 4.78 is 3.14. The van der Waals surface area contributed by atoms with Crippen LogP contribution >= 0.6 is 0 Å². The molecule has 1 aromatic carbocycles. The number of nitrogen functional groups attached to an aromatic ring is 1. The molecule has 0 bridgehead atoms. The Morgan fingerprint density at radius 2 is 1.95 bits per heavy atom. The average Bonchev–Trinajstić information content (AvgIpc) is 2.84. The first kappa shape index (κ1) is 11.5. The molecule has 0 unspecified atom stereocenters. The van der Waals surface area contributed by atoms with E-state index in [1.807, 2.05) is 24.3 Å². The second-order valence-corrected chi connectivity index (χ2v) is 4.30. The standard InChI is InChI=1S/C13H13N5O/c14-11-8-15-17(9-11)5-6-18-13(19)12-4-2-1-3-10(12)7-16-18/h1-4,7-9H,5-6,14H2. The number of anilines is 1. The first-order valence-electron chi connectivity index (χ1n) is 5.97. The third-order valence-corrected chi connectivity index (χ3v) is 2.96. The van der Waals surface area contributed by atoms with E-state index in [1.54, 1.807) is 23.3 Å². The van der Waals surface area contributed by atoms with Gasteiger partial charge in [-0.25, -0.2) is 4.68 Å². The highest BCUT2D eigenvalue weighted by Crippen LogP contribution is 2.06. The third-order valence-electron chi connectivity index (χ3n) is 2.96. The van der Waals surface area contributed by atoms with Crippen molar-refractivity contribution in [2.75, 3.05) is 5.73 Å². The molecule has 2 N–H and O–H groups in total. The Balaban J connectivity index is 1.89. The fraction of sp³-hybridized carbons (Fsp3) is 0.154. The van der Waals surface area contributed by atoms with Gasteiger partial charge in [-0.3, -0.25) is 9.48 Å². The lowest BCUT2D eigenvalue weighted by Gasteiger charge is -2.05. The van der Waals surface area contributed by atoms with E-state index in [0.717, 1.165) is 5.39 Å². The summed E-state index contributed by atoms with van der Waals surface area (Å²) in [5, 5.41) is 9.76. The molecule has 2 aromatic heterocycles. The zero-order chi connectivity index (χ0) is 13.2. The first-order chi connectivity index (χ1) is 9.24. The summed E-state index contributed by atoms with van der Waals surface area (Å²) in [6, 6.07) is 7.42. The Morgan fingerprint density at radius 1 is 1.11 bits per heavy atom. The number of rotatable bonds is 3. The van der Waals surface area contributed by atoms with Crippen LogP contribution in [0.25, 0.3) is 10.8 Å². The van der Waals surface area contributed by atoms with Gasteiger partial charge >= 0.3 is 0 Å². The number of hydrogen-bond donors (Lipinski definition) is 1. The summed E-state index contributed by atoms with van der Waals surface area (Å²) in [6.45, 7) is 1.02. The second kappa shape index (κ2) is 4.56. The van der Waals surface area contributed by atoms with E-state index >= 15 is 0 Å². The highest BCUT2D eigenvalue weighted by molar-refractivity contribution is 5.80. The SMILES string of the molecule is Nc1cnn(CCn2ncc3ccccc3c2=O)c1. The summed E-state index contributed by atoms with van der Waals surface area (Å²) in [6.07, 6.45) is 5.01. The summed E-state index contributed by atoms with van der Waals surface area (Å²) in [5.74, 6) is 0. The van der Waals surface area contributed by atoms with Gasteiger partial charge in [-0.05, 0) is 6.07 Å². The molecule has 0 saturated carbocycles. The number of nitrogens with two attached hydrogens (primary N) is 1. The van der Waals surface area contributed by atoms with Gasteiger partial charge < -0.3 is 5.73 Å². The molecule has 19 heavy (non-hydrogen) atoms. The lowest BCUT2D eigenvalue weighted by Crippen LogP contribution is -2.24. The quantitative estimate of drug-likeness (QED) is 0.753. The molecule has 0 atom stereocenters. The molecule has 0 amide bonds. The molecule has 0 aliphatic heterocycles. The zero-order valence-electron chi connectivity index (χ0n) is 10.2. The van der Waals surface area contributed by atoms with Crippen molar-refractivity contribution in [1.29, 1.82) is 0 Å². The van der Waals surface area contributed by atoms with Crippen LogP contribution in [0.2, 0.25) is 0 Å². The number of nitrogens with zero attached hydrogens (tertiary/aromatic N) is 4. The minimum atomic E-state index is -0.0850. The van der Waals surface area contributed by atoms with E-state index in [1.165, 1.54) is 4.68 Å². The van der Waals surface area contributed by atoms with Gasteiger partial charge in [0.25, 0.3) is 5.56 Å². The topological polar surface area (TPSA) is 78.7 Å². The summed E-state index contributed by atoms with van der Waals surface area (Å²) in [4.78, 5) is 12.2. The van der Waals surface area contributed by atoms with Crippen LogP contribution in [0.3, 0.4) is 0 Å². The molecule has 96 valence electrons. The molecule has 2 heterocycles. The van der Waals surface area contributed by atoms with Crippen LogP contribution in [0.4, 0.5) is 5.69 Å². The molecule has 0 aliphatic rings. The maximum Gasteiger partial charge on any atom is 0.274 e. The maximum absolute atomic E-state index is 12.2. The van der Waals surface area contributed by atoms with Crippen molar-refractivity contribution in [3.63, 3.8) is 0 Å². The second-order valence-electron chi connectivity index (χ2n) is 4.30. The van der Waals surface area contributed by atoms with Crippen molar-refractivity contribution in [3.05, 3.63) is 53.2 Å². The van der Waals surface area contributed by atoms with Gasteiger partial charge in [0.15, 0.2) is 0 Å². The first-order valence-corrected chi connectivity index (χ1v) is 5.97. The number of fused-ring (bicyclic) bond motifs is 1. The normalized spacial score (nSPS) is 10.9. The van der Waals surface area contributed by atoms with Crippen molar-refractivity contribution in [2.45, 2.75) is 13.1 Å². The van der Waals surface area contributed by atoms with Crippen LogP contribution in [-0.2, 0) is 13.1 Å². The fourth-order valence-electron chi connectivity index (χ4n) is 1.99. The Labute approximate surface area is 109 Å². The van der Waals surface area contributed by atoms with Crippen LogP contribution in [-0.4, -0.2) is 19.6 Å². The highest BCUT2D eigenvalue weighted by Gasteiger charge is 2.03. The van der Waals surface area contributed by atoms with E-state index < -0.39 is 0 Å². The summed E-state index contributed by atoms with van der Waals surface area (Å²) in [7, 11) is 0. The summed E-state index contributed by atoms with van der Waals surface area (Å²) in [5.41, 5.74) is 6.11. The molecule has 6 heteroatoms. The Morgan fingerprint density at radius 3 is 2.74 bits per heavy atom. The predicted molar refractivity (Wildman–Crippen MR) is 72.6 cm³/mol. The van der Waals surface area contributed by atoms with Crippen LogP contribution in [0.1, 0.15) is 0 Å². The van der Waals surface area contributed by atoms with E-state index in [4.69, 9.17) is 5.73 Å². The van der Waals surface area contributed by atoms with Crippen molar-refractivity contribution in [1.82, 2.24) is 19.6 Å². The minimum Gasteiger partial charge on any atom is -0.396 e. The lowest BCUT2D eigenvalue weighted by atomic mass is 10.2. The van der Waals surface area contributed by atoms with Crippen LogP contribution in [0.5, 0.6) is 0 Å². The molecule has 0 aliphatic carbocycles. The monoisotopic (exact) mass is 255 g/mol. The predicted octanol–water partition coefficient (Wildman–Crippen LogP) is 0.875. The van der Waals surface area contributed by atoms with Gasteiger partial charge in [0.2, 0.25) is 0 Å². The van der Waals surface area contributed by atoms with Crippen molar-refractivity contribution in [3.8, 4) is 0 Å². The summed E-state index contributed by atoms with van der Waals surface area (Å²) >= 11 is 0. The van der Waals surface area contributed by atoms with Gasteiger partial charge in [0.05, 0.1) is 36.6 Å². The van der Waals surface area contributed by atoms with Crippen molar-refractivity contribution < 1.29 is 0 Å². The Hall–Kier alpha value is -2.63. The molecule has 0 spiro atoms. The number of aromatic nitrogens is 4. The van der Waals surface area contributed by atoms with E-state index in [-0.39, 0.29) is 5.56 Å². The smallest absolute Gasteiger partial charge is 0.274 e. The molecular weight excluding hydrogens is 242 g/mol. The van der Waals surface area contributed by atoms with Gasteiger partial charge in [-0.2, -0.15) is 10.2 Å². The van der Waals surface area contributed by atoms with Gasteiger partial charge in [-0.1, -0.05) is 18.2 Å². The van der Waals surface area contributed by atoms with Gasteiger partial charge in [0, 0.05) is 11.6 Å². The van der Waals surface area contributed by atoms with Gasteiger partial charge in [-0.15, -0.1) is 0 Å². The fourth-order valence-corrected chi connectivity index (χ4v) is 1.99. The molecule has 0 radical (unpaired) electrons. The van der Waals surface area contributed by atoms with Crippen molar-refractivity contribution >= 4 is 16.5 Å². The third kappa shape index (κ3) is 2.20. The Kier molecular flexibility index (Phi) is 2.75.